The first-order valence-electron chi connectivity index (χ1n) is 6.78. The smallest absolute Gasteiger partial charge is 0.368 e. The van der Waals surface area contributed by atoms with Gasteiger partial charge in [-0.3, -0.25) is 0 Å². The maximum Gasteiger partial charge on any atom is 0.433 e. The Morgan fingerprint density at radius 1 is 1.20 bits per heavy atom. The molecule has 0 aromatic carbocycles. The lowest BCUT2D eigenvalue weighted by molar-refractivity contribution is -0.141. The molecule has 0 saturated heterocycles. The summed E-state index contributed by atoms with van der Waals surface area (Å²) in [5, 5.41) is 0. The first-order valence-corrected chi connectivity index (χ1v) is 6.78. The maximum absolute atomic E-state index is 12.7. The zero-order chi connectivity index (χ0) is 15.3. The average molecular weight is 290 g/mol. The van der Waals surface area contributed by atoms with Gasteiger partial charge >= 0.3 is 6.18 Å². The van der Waals surface area contributed by atoms with Crippen LogP contribution < -0.4 is 10.6 Å². The van der Waals surface area contributed by atoms with Gasteiger partial charge in [0.2, 0.25) is 5.95 Å². The normalized spacial score (nSPS) is 11.9. The van der Waals surface area contributed by atoms with Gasteiger partial charge < -0.3 is 10.6 Å². The second kappa shape index (κ2) is 6.76. The molecule has 0 spiro atoms. The minimum absolute atomic E-state index is 0.235. The van der Waals surface area contributed by atoms with Crippen LogP contribution in [0, 0.1) is 5.92 Å². The third kappa shape index (κ3) is 4.25. The van der Waals surface area contributed by atoms with Gasteiger partial charge in [-0.25, -0.2) is 4.98 Å². The summed E-state index contributed by atoms with van der Waals surface area (Å²) in [6, 6.07) is 0.961. The second-order valence-electron chi connectivity index (χ2n) is 4.69. The number of nitrogens with zero attached hydrogens (tertiary/aromatic N) is 3. The molecule has 0 fully saturated rings. The van der Waals surface area contributed by atoms with Crippen LogP contribution in [0.4, 0.5) is 24.9 Å². The lowest BCUT2D eigenvalue weighted by Crippen LogP contribution is -2.30. The van der Waals surface area contributed by atoms with E-state index in [1.165, 1.54) is 0 Å². The molecule has 1 heterocycles. The van der Waals surface area contributed by atoms with Crippen LogP contribution in [0.3, 0.4) is 0 Å². The molecular formula is C13H21F3N4. The summed E-state index contributed by atoms with van der Waals surface area (Å²) in [5.41, 5.74) is 4.40. The molecule has 0 aliphatic heterocycles. The predicted octanol–water partition coefficient (Wildman–Crippen LogP) is 3.34. The van der Waals surface area contributed by atoms with Crippen molar-refractivity contribution in [1.82, 2.24) is 9.97 Å². The summed E-state index contributed by atoms with van der Waals surface area (Å²) in [7, 11) is 0. The van der Waals surface area contributed by atoms with E-state index in [2.05, 4.69) is 23.8 Å². The Morgan fingerprint density at radius 3 is 2.25 bits per heavy atom. The molecule has 2 N–H and O–H groups in total. The highest BCUT2D eigenvalue weighted by molar-refractivity contribution is 5.44. The largest absolute Gasteiger partial charge is 0.433 e. The molecule has 0 atom stereocenters. The molecule has 0 amide bonds. The van der Waals surface area contributed by atoms with Crippen LogP contribution in [0.25, 0.3) is 0 Å². The standard InChI is InChI=1S/C13H21F3N4/c1-4-9(5-2)8-20(6-3)11-7-10(13(14,15)16)18-12(17)19-11/h7,9H,4-6,8H2,1-3H3,(H2,17,18,19). The Bertz CT molecular complexity index is 430. The van der Waals surface area contributed by atoms with Gasteiger partial charge in [-0.05, 0) is 12.8 Å². The van der Waals surface area contributed by atoms with E-state index in [4.69, 9.17) is 5.73 Å². The summed E-state index contributed by atoms with van der Waals surface area (Å²) in [4.78, 5) is 9.00. The summed E-state index contributed by atoms with van der Waals surface area (Å²) >= 11 is 0. The van der Waals surface area contributed by atoms with Gasteiger partial charge in [-0.2, -0.15) is 18.2 Å². The van der Waals surface area contributed by atoms with E-state index in [1.807, 2.05) is 11.8 Å². The topological polar surface area (TPSA) is 55.0 Å². The lowest BCUT2D eigenvalue weighted by Gasteiger charge is -2.27. The van der Waals surface area contributed by atoms with Crippen LogP contribution in [0.1, 0.15) is 39.3 Å². The first kappa shape index (κ1) is 16.5. The minimum atomic E-state index is -4.51. The molecule has 1 rings (SSSR count). The number of halogens is 3. The third-order valence-electron chi connectivity index (χ3n) is 3.36. The number of alkyl halides is 3. The van der Waals surface area contributed by atoms with E-state index >= 15 is 0 Å². The van der Waals surface area contributed by atoms with E-state index in [0.717, 1.165) is 18.9 Å². The van der Waals surface area contributed by atoms with Crippen molar-refractivity contribution in [3.63, 3.8) is 0 Å². The molecule has 0 radical (unpaired) electrons. The van der Waals surface area contributed by atoms with Crippen molar-refractivity contribution in [2.75, 3.05) is 23.7 Å². The van der Waals surface area contributed by atoms with Crippen molar-refractivity contribution in [2.24, 2.45) is 5.92 Å². The Morgan fingerprint density at radius 2 is 1.80 bits per heavy atom. The second-order valence-corrected chi connectivity index (χ2v) is 4.69. The third-order valence-corrected chi connectivity index (χ3v) is 3.36. The number of anilines is 2. The van der Waals surface area contributed by atoms with Gasteiger partial charge in [0, 0.05) is 19.2 Å². The molecule has 20 heavy (non-hydrogen) atoms. The Balaban J connectivity index is 3.06. The van der Waals surface area contributed by atoms with E-state index in [0.29, 0.717) is 19.0 Å². The summed E-state index contributed by atoms with van der Waals surface area (Å²) in [6.07, 6.45) is -2.57. The maximum atomic E-state index is 12.7. The molecule has 0 saturated carbocycles. The van der Waals surface area contributed by atoms with Crippen molar-refractivity contribution in [1.29, 1.82) is 0 Å². The average Bonchev–Trinajstić information content (AvgIpc) is 2.38. The van der Waals surface area contributed by atoms with E-state index in [1.54, 1.807) is 0 Å². The van der Waals surface area contributed by atoms with Crippen LogP contribution in [0.15, 0.2) is 6.07 Å². The van der Waals surface area contributed by atoms with Crippen molar-refractivity contribution in [3.05, 3.63) is 11.8 Å². The zero-order valence-corrected chi connectivity index (χ0v) is 12.0. The molecule has 0 unspecified atom stereocenters. The molecule has 0 aliphatic rings. The SMILES string of the molecule is CCC(CC)CN(CC)c1cc(C(F)(F)F)nc(N)n1. The fourth-order valence-electron chi connectivity index (χ4n) is 2.00. The van der Waals surface area contributed by atoms with Crippen molar-refractivity contribution in [3.8, 4) is 0 Å². The van der Waals surface area contributed by atoms with E-state index in [9.17, 15) is 13.2 Å². The van der Waals surface area contributed by atoms with Crippen molar-refractivity contribution < 1.29 is 13.2 Å². The molecule has 1 aromatic heterocycles. The van der Waals surface area contributed by atoms with Crippen LogP contribution in [-0.2, 0) is 6.18 Å². The van der Waals surface area contributed by atoms with Crippen LogP contribution >= 0.6 is 0 Å². The fraction of sp³-hybridized carbons (Fsp3) is 0.692. The summed E-state index contributed by atoms with van der Waals surface area (Å²) in [5.74, 6) is 0.303. The number of hydrogen-bond acceptors (Lipinski definition) is 4. The van der Waals surface area contributed by atoms with Gasteiger partial charge in [0.15, 0.2) is 5.69 Å². The van der Waals surface area contributed by atoms with E-state index < -0.39 is 11.9 Å². The number of hydrogen-bond donors (Lipinski definition) is 1. The van der Waals surface area contributed by atoms with Gasteiger partial charge in [0.1, 0.15) is 5.82 Å². The van der Waals surface area contributed by atoms with Crippen molar-refractivity contribution in [2.45, 2.75) is 39.8 Å². The number of nitrogens with two attached hydrogens (primary N) is 1. The van der Waals surface area contributed by atoms with Gasteiger partial charge in [-0.15, -0.1) is 0 Å². The first-order chi connectivity index (χ1) is 9.31. The number of rotatable bonds is 6. The zero-order valence-electron chi connectivity index (χ0n) is 12.0. The van der Waals surface area contributed by atoms with Gasteiger partial charge in [0.05, 0.1) is 0 Å². The molecule has 4 nitrogen and oxygen atoms in total. The highest BCUT2D eigenvalue weighted by Crippen LogP contribution is 2.30. The molecule has 1 aromatic rings. The van der Waals surface area contributed by atoms with Crippen LogP contribution in [0.2, 0.25) is 0 Å². The molecule has 0 aliphatic carbocycles. The highest BCUT2D eigenvalue weighted by atomic mass is 19.4. The minimum Gasteiger partial charge on any atom is -0.368 e. The summed E-state index contributed by atoms with van der Waals surface area (Å²) in [6.45, 7) is 7.25. The number of nitrogen functional groups attached to an aromatic ring is 1. The quantitative estimate of drug-likeness (QED) is 0.873. The fourth-order valence-corrected chi connectivity index (χ4v) is 2.00. The Kier molecular flexibility index (Phi) is 5.59. The molecule has 114 valence electrons. The monoisotopic (exact) mass is 290 g/mol. The van der Waals surface area contributed by atoms with Crippen LogP contribution in [0.5, 0.6) is 0 Å². The number of aromatic nitrogens is 2. The Hall–Kier alpha value is -1.53. The molecular weight excluding hydrogens is 269 g/mol. The van der Waals surface area contributed by atoms with E-state index in [-0.39, 0.29) is 11.8 Å². The van der Waals surface area contributed by atoms with Gasteiger partial charge in [0.25, 0.3) is 0 Å². The molecule has 0 bridgehead atoms. The van der Waals surface area contributed by atoms with Crippen LogP contribution in [-0.4, -0.2) is 23.1 Å². The van der Waals surface area contributed by atoms with Gasteiger partial charge in [-0.1, -0.05) is 26.7 Å². The predicted molar refractivity (Wildman–Crippen MR) is 73.4 cm³/mol. The Labute approximate surface area is 117 Å². The summed E-state index contributed by atoms with van der Waals surface area (Å²) < 4.78 is 38.2. The molecule has 7 heteroatoms. The van der Waals surface area contributed by atoms with Crippen molar-refractivity contribution >= 4 is 11.8 Å². The highest BCUT2D eigenvalue weighted by Gasteiger charge is 2.34. The lowest BCUT2D eigenvalue weighted by atomic mass is 10.0.